The van der Waals surface area contributed by atoms with Gasteiger partial charge in [0.1, 0.15) is 17.3 Å². The molecule has 1 unspecified atom stereocenters. The van der Waals surface area contributed by atoms with Gasteiger partial charge < -0.3 is 15.0 Å². The lowest BCUT2D eigenvalue weighted by molar-refractivity contribution is 0.245. The van der Waals surface area contributed by atoms with Crippen molar-refractivity contribution in [3.05, 3.63) is 23.2 Å². The molecule has 0 spiro atoms. The van der Waals surface area contributed by atoms with Crippen LogP contribution in [0.3, 0.4) is 0 Å². The third-order valence-corrected chi connectivity index (χ3v) is 3.50. The van der Waals surface area contributed by atoms with E-state index in [1.54, 1.807) is 0 Å². The smallest absolute Gasteiger partial charge is 0.153 e. The molecule has 1 fully saturated rings. The van der Waals surface area contributed by atoms with E-state index in [2.05, 4.69) is 10.2 Å². The lowest BCUT2D eigenvalue weighted by Gasteiger charge is -2.35. The van der Waals surface area contributed by atoms with Gasteiger partial charge in [0.2, 0.25) is 0 Å². The van der Waals surface area contributed by atoms with Crippen LogP contribution in [0.2, 0.25) is 5.02 Å². The van der Waals surface area contributed by atoms with Gasteiger partial charge in [-0.05, 0) is 25.1 Å². The molecular formula is C13H16ClN3O. The summed E-state index contributed by atoms with van der Waals surface area (Å²) < 4.78 is 5.90. The van der Waals surface area contributed by atoms with Crippen LogP contribution < -0.4 is 10.1 Å². The van der Waals surface area contributed by atoms with Crippen LogP contribution in [0, 0.1) is 0 Å². The molecule has 5 heteroatoms. The number of hydrogen-bond acceptors (Lipinski definition) is 4. The number of piperazine rings is 1. The summed E-state index contributed by atoms with van der Waals surface area (Å²) in [5.74, 6) is 1.82. The molecule has 1 N–H and O–H groups in total. The molecular weight excluding hydrogens is 250 g/mol. The zero-order valence-electron chi connectivity index (χ0n) is 10.3. The fourth-order valence-electron chi connectivity index (χ4n) is 2.36. The lowest BCUT2D eigenvalue weighted by Crippen LogP contribution is -2.50. The Balaban J connectivity index is 1.93. The van der Waals surface area contributed by atoms with Crippen LogP contribution in [0.4, 0.5) is 5.69 Å². The van der Waals surface area contributed by atoms with E-state index in [9.17, 15) is 0 Å². The SMILES string of the molecule is CC1Oc2ccc(Cl)cc2N=C1N1CCNCC1. The molecule has 0 amide bonds. The molecule has 18 heavy (non-hydrogen) atoms. The quantitative estimate of drug-likeness (QED) is 0.780. The van der Waals surface area contributed by atoms with Crippen LogP contribution in [-0.2, 0) is 0 Å². The standard InChI is InChI=1S/C13H16ClN3O/c1-9-13(17-6-4-15-5-7-17)16-11-8-10(14)2-3-12(11)18-9/h2-3,8-9,15H,4-7H2,1H3. The van der Waals surface area contributed by atoms with Gasteiger partial charge in [0.05, 0.1) is 0 Å². The second-order valence-corrected chi connectivity index (χ2v) is 5.02. The second-order valence-electron chi connectivity index (χ2n) is 4.58. The number of benzene rings is 1. The number of aliphatic imine (C=N–C) groups is 1. The van der Waals surface area contributed by atoms with Gasteiger partial charge in [0.15, 0.2) is 6.10 Å². The van der Waals surface area contributed by atoms with Gasteiger partial charge in [-0.3, -0.25) is 0 Å². The fraction of sp³-hybridized carbons (Fsp3) is 0.462. The minimum Gasteiger partial charge on any atom is -0.481 e. The predicted molar refractivity (Wildman–Crippen MR) is 73.1 cm³/mol. The van der Waals surface area contributed by atoms with E-state index < -0.39 is 0 Å². The fourth-order valence-corrected chi connectivity index (χ4v) is 2.52. The van der Waals surface area contributed by atoms with Crippen LogP contribution in [0.1, 0.15) is 6.92 Å². The van der Waals surface area contributed by atoms with E-state index >= 15 is 0 Å². The number of ether oxygens (including phenoxy) is 1. The Labute approximate surface area is 112 Å². The van der Waals surface area contributed by atoms with E-state index in [1.165, 1.54) is 0 Å². The molecule has 2 aliphatic rings. The molecule has 3 rings (SSSR count). The van der Waals surface area contributed by atoms with Gasteiger partial charge in [0.25, 0.3) is 0 Å². The lowest BCUT2D eigenvalue weighted by atomic mass is 10.2. The van der Waals surface area contributed by atoms with Crippen molar-refractivity contribution in [2.75, 3.05) is 26.2 Å². The van der Waals surface area contributed by atoms with Gasteiger partial charge in [0, 0.05) is 31.2 Å². The average molecular weight is 266 g/mol. The third-order valence-electron chi connectivity index (χ3n) is 3.26. The molecule has 4 nitrogen and oxygen atoms in total. The number of hydrogen-bond donors (Lipinski definition) is 1. The highest BCUT2D eigenvalue weighted by Gasteiger charge is 2.26. The Bertz CT molecular complexity index is 483. The maximum atomic E-state index is 6.00. The maximum Gasteiger partial charge on any atom is 0.153 e. The summed E-state index contributed by atoms with van der Waals surface area (Å²) in [5, 5.41) is 4.03. The highest BCUT2D eigenvalue weighted by molar-refractivity contribution is 6.30. The molecule has 2 heterocycles. The van der Waals surface area contributed by atoms with E-state index in [-0.39, 0.29) is 6.10 Å². The van der Waals surface area contributed by atoms with Gasteiger partial charge in [-0.1, -0.05) is 11.6 Å². The first kappa shape index (κ1) is 11.8. The number of nitrogens with zero attached hydrogens (tertiary/aromatic N) is 2. The summed E-state index contributed by atoms with van der Waals surface area (Å²) in [6.07, 6.45) is -0.00299. The molecule has 0 aromatic heterocycles. The topological polar surface area (TPSA) is 36.9 Å². The molecule has 0 saturated carbocycles. The zero-order valence-corrected chi connectivity index (χ0v) is 11.1. The number of amidine groups is 1. The molecule has 0 aliphatic carbocycles. The normalized spacial score (nSPS) is 23.1. The number of rotatable bonds is 0. The maximum absolute atomic E-state index is 6.00. The average Bonchev–Trinajstić information content (AvgIpc) is 2.39. The molecule has 0 radical (unpaired) electrons. The molecule has 1 saturated heterocycles. The van der Waals surface area contributed by atoms with Crippen molar-refractivity contribution < 1.29 is 4.74 Å². The van der Waals surface area contributed by atoms with Crippen LogP contribution in [0.15, 0.2) is 23.2 Å². The van der Waals surface area contributed by atoms with Crippen molar-refractivity contribution in [3.8, 4) is 5.75 Å². The minimum atomic E-state index is -0.00299. The summed E-state index contributed by atoms with van der Waals surface area (Å²) in [7, 11) is 0. The number of nitrogens with one attached hydrogen (secondary N) is 1. The highest BCUT2D eigenvalue weighted by Crippen LogP contribution is 2.35. The highest BCUT2D eigenvalue weighted by atomic mass is 35.5. The summed E-state index contributed by atoms with van der Waals surface area (Å²) in [6.45, 7) is 5.98. The number of halogens is 1. The van der Waals surface area contributed by atoms with Gasteiger partial charge in [-0.2, -0.15) is 0 Å². The Morgan fingerprint density at radius 2 is 2.17 bits per heavy atom. The van der Waals surface area contributed by atoms with Crippen molar-refractivity contribution in [2.24, 2.45) is 4.99 Å². The Kier molecular flexibility index (Phi) is 3.14. The molecule has 96 valence electrons. The van der Waals surface area contributed by atoms with Gasteiger partial charge in [-0.25, -0.2) is 4.99 Å². The van der Waals surface area contributed by atoms with Crippen molar-refractivity contribution in [1.29, 1.82) is 0 Å². The van der Waals surface area contributed by atoms with E-state index in [1.807, 2.05) is 25.1 Å². The van der Waals surface area contributed by atoms with Crippen LogP contribution in [0.5, 0.6) is 5.75 Å². The Hall–Kier alpha value is -1.26. The summed E-state index contributed by atoms with van der Waals surface area (Å²) in [4.78, 5) is 7.00. The zero-order chi connectivity index (χ0) is 12.5. The van der Waals surface area contributed by atoms with E-state index in [0.29, 0.717) is 5.02 Å². The summed E-state index contributed by atoms with van der Waals surface area (Å²) in [6, 6.07) is 5.57. The van der Waals surface area contributed by atoms with Crippen molar-refractivity contribution in [1.82, 2.24) is 10.2 Å². The summed E-state index contributed by atoms with van der Waals surface area (Å²) in [5.41, 5.74) is 0.828. The molecule has 1 atom stereocenters. The first-order chi connectivity index (χ1) is 8.74. The van der Waals surface area contributed by atoms with Crippen LogP contribution in [-0.4, -0.2) is 43.0 Å². The molecule has 0 bridgehead atoms. The van der Waals surface area contributed by atoms with Crippen molar-refractivity contribution >= 4 is 23.1 Å². The molecule has 1 aromatic carbocycles. The van der Waals surface area contributed by atoms with Crippen LogP contribution in [0.25, 0.3) is 0 Å². The molecule has 2 aliphatic heterocycles. The van der Waals surface area contributed by atoms with E-state index in [4.69, 9.17) is 21.3 Å². The Morgan fingerprint density at radius 1 is 1.39 bits per heavy atom. The van der Waals surface area contributed by atoms with Crippen molar-refractivity contribution in [3.63, 3.8) is 0 Å². The number of fused-ring (bicyclic) bond motifs is 1. The largest absolute Gasteiger partial charge is 0.481 e. The van der Waals surface area contributed by atoms with Gasteiger partial charge in [-0.15, -0.1) is 0 Å². The predicted octanol–water partition coefficient (Wildman–Crippen LogP) is 2.06. The monoisotopic (exact) mass is 265 g/mol. The minimum absolute atomic E-state index is 0.00299. The first-order valence-corrected chi connectivity index (χ1v) is 6.62. The van der Waals surface area contributed by atoms with Crippen LogP contribution >= 0.6 is 11.6 Å². The summed E-state index contributed by atoms with van der Waals surface area (Å²) >= 11 is 6.00. The van der Waals surface area contributed by atoms with Crippen molar-refractivity contribution in [2.45, 2.75) is 13.0 Å². The second kappa shape index (κ2) is 4.78. The van der Waals surface area contributed by atoms with Gasteiger partial charge >= 0.3 is 0 Å². The first-order valence-electron chi connectivity index (χ1n) is 6.24. The third kappa shape index (κ3) is 2.18. The van der Waals surface area contributed by atoms with E-state index in [0.717, 1.165) is 43.5 Å². The Morgan fingerprint density at radius 3 is 2.94 bits per heavy atom. The molecule has 1 aromatic rings.